The van der Waals surface area contributed by atoms with Crippen molar-refractivity contribution in [2.24, 2.45) is 0 Å². The number of para-hydroxylation sites is 1. The van der Waals surface area contributed by atoms with Gasteiger partial charge in [0.1, 0.15) is 19.0 Å². The van der Waals surface area contributed by atoms with Gasteiger partial charge in [0.05, 0.1) is 0 Å². The van der Waals surface area contributed by atoms with Crippen molar-refractivity contribution in [1.82, 2.24) is 0 Å². The minimum absolute atomic E-state index is 0.0131. The summed E-state index contributed by atoms with van der Waals surface area (Å²) >= 11 is 0. The van der Waals surface area contributed by atoms with Crippen LogP contribution in [0, 0.1) is 6.92 Å². The van der Waals surface area contributed by atoms with E-state index in [1.54, 1.807) is 0 Å². The van der Waals surface area contributed by atoms with E-state index in [2.05, 4.69) is 0 Å². The fraction of sp³-hybridized carbons (Fsp3) is 0.429. The van der Waals surface area contributed by atoms with Crippen LogP contribution in [0.1, 0.15) is 19.4 Å². The highest BCUT2D eigenvalue weighted by Gasteiger charge is 2.15. The lowest BCUT2D eigenvalue weighted by Crippen LogP contribution is -2.30. The van der Waals surface area contributed by atoms with Gasteiger partial charge < -0.3 is 14.2 Å². The summed E-state index contributed by atoms with van der Waals surface area (Å²) in [6.07, 6.45) is -0.610. The average molecular weight is 266 g/mol. The first-order chi connectivity index (χ1) is 8.99. The Kier molecular flexibility index (Phi) is 5.85. The number of benzene rings is 1. The van der Waals surface area contributed by atoms with Crippen LogP contribution < -0.4 is 4.74 Å². The van der Waals surface area contributed by atoms with Gasteiger partial charge in [0.2, 0.25) is 0 Å². The molecule has 0 saturated heterocycles. The highest BCUT2D eigenvalue weighted by atomic mass is 16.6. The largest absolute Gasteiger partial charge is 0.489 e. The van der Waals surface area contributed by atoms with E-state index in [1.807, 2.05) is 31.2 Å². The summed E-state index contributed by atoms with van der Waals surface area (Å²) in [5.74, 6) is -0.152. The molecule has 1 aromatic rings. The molecule has 0 aliphatic carbocycles. The molecule has 1 aromatic carbocycles. The molecule has 0 aliphatic rings. The summed E-state index contributed by atoms with van der Waals surface area (Å²) in [5, 5.41) is 0. The molecule has 104 valence electrons. The SMILES string of the molecule is CC(=O)OC[C@H](COc1ccccc1C)OC(C)=O. The van der Waals surface area contributed by atoms with Gasteiger partial charge in [-0.05, 0) is 18.6 Å². The molecule has 0 fully saturated rings. The predicted molar refractivity (Wildman–Crippen MR) is 68.9 cm³/mol. The molecule has 0 unspecified atom stereocenters. The number of carbonyl (C=O) groups excluding carboxylic acids is 2. The van der Waals surface area contributed by atoms with Crippen molar-refractivity contribution < 1.29 is 23.8 Å². The summed E-state index contributed by atoms with van der Waals surface area (Å²) in [4.78, 5) is 21.7. The van der Waals surface area contributed by atoms with E-state index in [0.717, 1.165) is 5.56 Å². The Bertz CT molecular complexity index is 441. The Balaban J connectivity index is 2.54. The van der Waals surface area contributed by atoms with Gasteiger partial charge >= 0.3 is 11.9 Å². The van der Waals surface area contributed by atoms with Gasteiger partial charge in [0.15, 0.2) is 6.10 Å². The van der Waals surface area contributed by atoms with Crippen LogP contribution in [-0.2, 0) is 19.1 Å². The van der Waals surface area contributed by atoms with E-state index >= 15 is 0 Å². The Labute approximate surface area is 112 Å². The van der Waals surface area contributed by atoms with Crippen LogP contribution in [0.25, 0.3) is 0 Å². The van der Waals surface area contributed by atoms with Crippen molar-refractivity contribution >= 4 is 11.9 Å². The Morgan fingerprint density at radius 3 is 2.37 bits per heavy atom. The molecule has 1 atom stereocenters. The van der Waals surface area contributed by atoms with Crippen molar-refractivity contribution in [3.05, 3.63) is 29.8 Å². The van der Waals surface area contributed by atoms with Crippen LogP contribution in [0.2, 0.25) is 0 Å². The summed E-state index contributed by atoms with van der Waals surface area (Å²) in [7, 11) is 0. The third-order valence-electron chi connectivity index (χ3n) is 2.32. The van der Waals surface area contributed by atoms with E-state index in [4.69, 9.17) is 14.2 Å². The number of carbonyl (C=O) groups is 2. The quantitative estimate of drug-likeness (QED) is 0.735. The third kappa shape index (κ3) is 5.90. The molecule has 1 rings (SSSR count). The van der Waals surface area contributed by atoms with Crippen molar-refractivity contribution in [3.8, 4) is 5.75 Å². The van der Waals surface area contributed by atoms with Crippen LogP contribution in [-0.4, -0.2) is 31.3 Å². The van der Waals surface area contributed by atoms with Gasteiger partial charge in [-0.1, -0.05) is 18.2 Å². The van der Waals surface area contributed by atoms with Crippen molar-refractivity contribution in [2.75, 3.05) is 13.2 Å². The summed E-state index contributed by atoms with van der Waals surface area (Å²) in [6, 6.07) is 7.51. The number of rotatable bonds is 6. The van der Waals surface area contributed by atoms with Gasteiger partial charge in [-0.2, -0.15) is 0 Å². The maximum absolute atomic E-state index is 11.0. The number of esters is 2. The zero-order chi connectivity index (χ0) is 14.3. The van der Waals surface area contributed by atoms with E-state index in [0.29, 0.717) is 5.75 Å². The Morgan fingerprint density at radius 1 is 1.11 bits per heavy atom. The molecule has 0 spiro atoms. The Hall–Kier alpha value is -2.04. The van der Waals surface area contributed by atoms with Crippen molar-refractivity contribution in [1.29, 1.82) is 0 Å². The summed E-state index contributed by atoms with van der Waals surface area (Å²) < 4.78 is 15.4. The fourth-order valence-electron chi connectivity index (χ4n) is 1.46. The summed E-state index contributed by atoms with van der Waals surface area (Å²) in [5.41, 5.74) is 0.983. The fourth-order valence-corrected chi connectivity index (χ4v) is 1.46. The molecule has 0 aromatic heterocycles. The van der Waals surface area contributed by atoms with Crippen LogP contribution in [0.5, 0.6) is 5.75 Å². The molecule has 19 heavy (non-hydrogen) atoms. The number of ether oxygens (including phenoxy) is 3. The van der Waals surface area contributed by atoms with Gasteiger partial charge in [-0.3, -0.25) is 9.59 Å². The first-order valence-electron chi connectivity index (χ1n) is 5.98. The van der Waals surface area contributed by atoms with Crippen LogP contribution in [0.4, 0.5) is 0 Å². The first-order valence-corrected chi connectivity index (χ1v) is 5.98. The van der Waals surface area contributed by atoms with Crippen molar-refractivity contribution in [3.63, 3.8) is 0 Å². The van der Waals surface area contributed by atoms with Gasteiger partial charge in [-0.25, -0.2) is 0 Å². The molecule has 0 bridgehead atoms. The van der Waals surface area contributed by atoms with E-state index in [1.165, 1.54) is 13.8 Å². The number of hydrogen-bond acceptors (Lipinski definition) is 5. The minimum Gasteiger partial charge on any atom is -0.489 e. The molecule has 0 amide bonds. The zero-order valence-electron chi connectivity index (χ0n) is 11.3. The third-order valence-corrected chi connectivity index (χ3v) is 2.32. The van der Waals surface area contributed by atoms with E-state index in [9.17, 15) is 9.59 Å². The van der Waals surface area contributed by atoms with Crippen LogP contribution >= 0.6 is 0 Å². The maximum atomic E-state index is 11.0. The monoisotopic (exact) mass is 266 g/mol. The molecule has 5 heteroatoms. The van der Waals surface area contributed by atoms with Gasteiger partial charge in [-0.15, -0.1) is 0 Å². The minimum atomic E-state index is -0.610. The molecule has 0 radical (unpaired) electrons. The highest BCUT2D eigenvalue weighted by molar-refractivity contribution is 5.67. The maximum Gasteiger partial charge on any atom is 0.303 e. The first kappa shape index (κ1) is 15.0. The standard InChI is InChI=1S/C14H18O5/c1-10-6-4-5-7-14(10)18-9-13(19-12(3)16)8-17-11(2)15/h4-7,13H,8-9H2,1-3H3/t13-/m1/s1. The second-order valence-electron chi connectivity index (χ2n) is 4.11. The Morgan fingerprint density at radius 2 is 1.79 bits per heavy atom. The van der Waals surface area contributed by atoms with Crippen LogP contribution in [0.15, 0.2) is 24.3 Å². The molecule has 0 aliphatic heterocycles. The molecule has 0 heterocycles. The topological polar surface area (TPSA) is 61.8 Å². The highest BCUT2D eigenvalue weighted by Crippen LogP contribution is 2.16. The number of aryl methyl sites for hydroxylation is 1. The molecular weight excluding hydrogens is 248 g/mol. The summed E-state index contributed by atoms with van der Waals surface area (Å²) in [6.45, 7) is 4.64. The lowest BCUT2D eigenvalue weighted by atomic mass is 10.2. The molecular formula is C14H18O5. The second kappa shape index (κ2) is 7.41. The number of hydrogen-bond donors (Lipinski definition) is 0. The smallest absolute Gasteiger partial charge is 0.303 e. The predicted octanol–water partition coefficient (Wildman–Crippen LogP) is 1.87. The van der Waals surface area contributed by atoms with E-state index < -0.39 is 18.0 Å². The molecule has 0 saturated carbocycles. The van der Waals surface area contributed by atoms with Crippen molar-refractivity contribution in [2.45, 2.75) is 26.9 Å². The van der Waals surface area contributed by atoms with Crippen LogP contribution in [0.3, 0.4) is 0 Å². The second-order valence-corrected chi connectivity index (χ2v) is 4.11. The lowest BCUT2D eigenvalue weighted by Gasteiger charge is -2.18. The van der Waals surface area contributed by atoms with Gasteiger partial charge in [0.25, 0.3) is 0 Å². The lowest BCUT2D eigenvalue weighted by molar-refractivity contribution is -0.158. The molecule has 0 N–H and O–H groups in total. The van der Waals surface area contributed by atoms with E-state index in [-0.39, 0.29) is 13.2 Å². The average Bonchev–Trinajstić information content (AvgIpc) is 2.33. The normalized spacial score (nSPS) is 11.5. The zero-order valence-corrected chi connectivity index (χ0v) is 11.3. The van der Waals surface area contributed by atoms with Gasteiger partial charge in [0, 0.05) is 13.8 Å². The molecule has 5 nitrogen and oxygen atoms in total.